The summed E-state index contributed by atoms with van der Waals surface area (Å²) in [6.07, 6.45) is 1.19. The second-order valence-corrected chi connectivity index (χ2v) is 6.78. The van der Waals surface area contributed by atoms with Crippen molar-refractivity contribution >= 4 is 5.91 Å². The van der Waals surface area contributed by atoms with E-state index in [-0.39, 0.29) is 18.1 Å². The van der Waals surface area contributed by atoms with E-state index in [4.69, 9.17) is 4.74 Å². The number of methoxy groups -OCH3 is 1. The average Bonchev–Trinajstić information content (AvgIpc) is 2.96. The molecule has 3 rings (SSSR count). The zero-order valence-electron chi connectivity index (χ0n) is 14.6. The van der Waals surface area contributed by atoms with E-state index in [1.54, 1.807) is 7.11 Å². The molecule has 0 bridgehead atoms. The van der Waals surface area contributed by atoms with Gasteiger partial charge in [0.25, 0.3) is 5.91 Å². The van der Waals surface area contributed by atoms with Crippen LogP contribution in [0, 0.1) is 19.8 Å². The van der Waals surface area contributed by atoms with Gasteiger partial charge in [-0.25, -0.2) is 0 Å². The summed E-state index contributed by atoms with van der Waals surface area (Å²) in [6.45, 7) is 9.85. The number of hydrogen-bond donors (Lipinski definition) is 0. The van der Waals surface area contributed by atoms with Gasteiger partial charge in [0.05, 0.1) is 12.1 Å². The Morgan fingerprint density at radius 1 is 1.30 bits per heavy atom. The smallest absolute Gasteiger partial charge is 0.254 e. The van der Waals surface area contributed by atoms with Crippen molar-refractivity contribution in [2.75, 3.05) is 33.3 Å². The van der Waals surface area contributed by atoms with Crippen molar-refractivity contribution in [1.29, 1.82) is 0 Å². The van der Waals surface area contributed by atoms with Crippen molar-refractivity contribution in [2.45, 2.75) is 39.3 Å². The van der Waals surface area contributed by atoms with E-state index < -0.39 is 0 Å². The molecule has 2 aliphatic rings. The number of pyridine rings is 1. The molecule has 0 unspecified atom stereocenters. The summed E-state index contributed by atoms with van der Waals surface area (Å²) >= 11 is 0. The van der Waals surface area contributed by atoms with E-state index in [0.29, 0.717) is 5.92 Å². The summed E-state index contributed by atoms with van der Waals surface area (Å²) in [5.41, 5.74) is 2.57. The van der Waals surface area contributed by atoms with Gasteiger partial charge in [-0.15, -0.1) is 0 Å². The highest BCUT2D eigenvalue weighted by Crippen LogP contribution is 2.33. The number of carbonyl (C=O) groups is 1. The van der Waals surface area contributed by atoms with E-state index in [1.807, 2.05) is 26.0 Å². The summed E-state index contributed by atoms with van der Waals surface area (Å²) in [7, 11) is 1.80. The number of amides is 1. The fourth-order valence-corrected chi connectivity index (χ4v) is 4.16. The third-order valence-corrected chi connectivity index (χ3v) is 5.28. The predicted octanol–water partition coefficient (Wildman–Crippen LogP) is 1.88. The number of fused-ring (bicyclic) bond motifs is 1. The first-order valence-electron chi connectivity index (χ1n) is 8.55. The molecule has 0 aromatic carbocycles. The molecule has 0 N–H and O–H groups in total. The highest BCUT2D eigenvalue weighted by atomic mass is 16.5. The summed E-state index contributed by atoms with van der Waals surface area (Å²) in [6, 6.07) is 4.06. The minimum Gasteiger partial charge on any atom is -0.381 e. The monoisotopic (exact) mass is 317 g/mol. The van der Waals surface area contributed by atoms with Crippen LogP contribution in [-0.2, 0) is 4.74 Å². The molecule has 0 radical (unpaired) electrons. The molecule has 1 amide bonds. The first-order valence-corrected chi connectivity index (χ1v) is 8.55. The van der Waals surface area contributed by atoms with E-state index >= 15 is 0 Å². The van der Waals surface area contributed by atoms with Crippen LogP contribution in [0.1, 0.15) is 35.1 Å². The normalized spacial score (nSPS) is 28.0. The van der Waals surface area contributed by atoms with E-state index in [2.05, 4.69) is 21.7 Å². The molecule has 5 heteroatoms. The molecule has 5 nitrogen and oxygen atoms in total. The van der Waals surface area contributed by atoms with Crippen molar-refractivity contribution in [3.8, 4) is 0 Å². The number of aryl methyl sites for hydroxylation is 2. The maximum atomic E-state index is 13.1. The van der Waals surface area contributed by atoms with Crippen molar-refractivity contribution in [2.24, 2.45) is 5.92 Å². The largest absolute Gasteiger partial charge is 0.381 e. The lowest BCUT2D eigenvalue weighted by molar-refractivity contribution is -0.0156. The molecule has 0 aliphatic carbocycles. The molecule has 2 saturated heterocycles. The molecule has 2 fully saturated rings. The average molecular weight is 317 g/mol. The molecule has 126 valence electrons. The van der Waals surface area contributed by atoms with Gasteiger partial charge >= 0.3 is 0 Å². The van der Waals surface area contributed by atoms with Crippen LogP contribution >= 0.6 is 0 Å². The Balaban J connectivity index is 1.85. The topological polar surface area (TPSA) is 45.7 Å². The van der Waals surface area contributed by atoms with Crippen LogP contribution in [0.3, 0.4) is 0 Å². The highest BCUT2D eigenvalue weighted by molar-refractivity contribution is 5.94. The lowest BCUT2D eigenvalue weighted by Gasteiger charge is -2.41. The van der Waals surface area contributed by atoms with Crippen molar-refractivity contribution in [3.05, 3.63) is 29.1 Å². The molecule has 0 saturated carbocycles. The Kier molecular flexibility index (Phi) is 4.69. The fourth-order valence-electron chi connectivity index (χ4n) is 4.16. The molecule has 2 aliphatic heterocycles. The molecular weight excluding hydrogens is 290 g/mol. The third kappa shape index (κ3) is 3.12. The number of carbonyl (C=O) groups excluding carboxylic acids is 1. The van der Waals surface area contributed by atoms with Crippen LogP contribution in [0.4, 0.5) is 0 Å². The molecule has 23 heavy (non-hydrogen) atoms. The minimum atomic E-state index is 0.140. The number of aromatic nitrogens is 1. The Morgan fingerprint density at radius 2 is 2.00 bits per heavy atom. The Labute approximate surface area is 138 Å². The van der Waals surface area contributed by atoms with Crippen LogP contribution in [0.15, 0.2) is 12.1 Å². The van der Waals surface area contributed by atoms with Crippen LogP contribution in [0.2, 0.25) is 0 Å². The SMILES string of the molecule is CCN1C[C@H]2[C@H](OC)CCN(C(=O)c3cc(C)nc(C)c3)[C@H]2C1. The number of piperidine rings is 1. The summed E-state index contributed by atoms with van der Waals surface area (Å²) in [4.78, 5) is 22.0. The lowest BCUT2D eigenvalue weighted by atomic mass is 9.88. The molecular formula is C18H27N3O2. The quantitative estimate of drug-likeness (QED) is 0.854. The molecule has 3 atom stereocenters. The van der Waals surface area contributed by atoms with Crippen LogP contribution < -0.4 is 0 Å². The second kappa shape index (κ2) is 6.57. The van der Waals surface area contributed by atoms with Gasteiger partial charge in [0.15, 0.2) is 0 Å². The lowest BCUT2D eigenvalue weighted by Crippen LogP contribution is -2.53. The Morgan fingerprint density at radius 3 is 2.61 bits per heavy atom. The van der Waals surface area contributed by atoms with Gasteiger partial charge in [0.2, 0.25) is 0 Å². The Bertz CT molecular complexity index is 569. The van der Waals surface area contributed by atoms with Gasteiger partial charge in [-0.05, 0) is 38.9 Å². The highest BCUT2D eigenvalue weighted by Gasteiger charge is 2.45. The van der Waals surface area contributed by atoms with Gasteiger partial charge in [-0.2, -0.15) is 0 Å². The molecule has 3 heterocycles. The zero-order chi connectivity index (χ0) is 16.6. The van der Waals surface area contributed by atoms with Gasteiger partial charge in [-0.3, -0.25) is 9.78 Å². The van der Waals surface area contributed by atoms with Crippen LogP contribution in [-0.4, -0.2) is 66.1 Å². The molecule has 1 aromatic heterocycles. The first kappa shape index (κ1) is 16.4. The number of rotatable bonds is 3. The second-order valence-electron chi connectivity index (χ2n) is 6.78. The molecule has 1 aromatic rings. The summed E-state index contributed by atoms with van der Waals surface area (Å²) < 4.78 is 5.70. The van der Waals surface area contributed by atoms with E-state index in [9.17, 15) is 4.79 Å². The number of likely N-dealkylation sites (tertiary alicyclic amines) is 2. The van der Waals surface area contributed by atoms with Gasteiger partial charge < -0.3 is 14.5 Å². The van der Waals surface area contributed by atoms with Crippen molar-refractivity contribution in [1.82, 2.24) is 14.8 Å². The number of likely N-dealkylation sites (N-methyl/N-ethyl adjacent to an activating group) is 1. The van der Waals surface area contributed by atoms with Crippen molar-refractivity contribution in [3.63, 3.8) is 0 Å². The van der Waals surface area contributed by atoms with Crippen molar-refractivity contribution < 1.29 is 9.53 Å². The van der Waals surface area contributed by atoms with Gasteiger partial charge in [-0.1, -0.05) is 6.92 Å². The minimum absolute atomic E-state index is 0.140. The van der Waals surface area contributed by atoms with E-state index in [0.717, 1.165) is 49.6 Å². The zero-order valence-corrected chi connectivity index (χ0v) is 14.6. The number of hydrogen-bond acceptors (Lipinski definition) is 4. The standard InChI is InChI=1S/C18H27N3O2/c1-5-20-10-15-16(11-20)21(7-6-17(15)23-4)18(22)14-8-12(2)19-13(3)9-14/h8-9,15-17H,5-7,10-11H2,1-4H3/t15-,16+,17-/m1/s1. The van der Waals surface area contributed by atoms with E-state index in [1.165, 1.54) is 0 Å². The number of ether oxygens (including phenoxy) is 1. The predicted molar refractivity (Wildman–Crippen MR) is 89.6 cm³/mol. The summed E-state index contributed by atoms with van der Waals surface area (Å²) in [5, 5.41) is 0. The maximum absolute atomic E-state index is 13.1. The first-order chi connectivity index (χ1) is 11.0. The summed E-state index contributed by atoms with van der Waals surface area (Å²) in [5.74, 6) is 0.558. The molecule has 0 spiro atoms. The Hall–Kier alpha value is -1.46. The van der Waals surface area contributed by atoms with Crippen LogP contribution in [0.5, 0.6) is 0 Å². The third-order valence-electron chi connectivity index (χ3n) is 5.28. The number of nitrogens with zero attached hydrogens (tertiary/aromatic N) is 3. The fraction of sp³-hybridized carbons (Fsp3) is 0.667. The van der Waals surface area contributed by atoms with Crippen LogP contribution in [0.25, 0.3) is 0 Å². The maximum Gasteiger partial charge on any atom is 0.254 e. The van der Waals surface area contributed by atoms with Gasteiger partial charge in [0.1, 0.15) is 0 Å². The van der Waals surface area contributed by atoms with Gasteiger partial charge in [0, 0.05) is 49.6 Å².